The maximum absolute atomic E-state index is 12.6. The third kappa shape index (κ3) is 4.65. The lowest BCUT2D eigenvalue weighted by Gasteiger charge is -2.11. The van der Waals surface area contributed by atoms with Crippen LogP contribution in [0.3, 0.4) is 0 Å². The maximum Gasteiger partial charge on any atom is 0.290 e. The summed E-state index contributed by atoms with van der Waals surface area (Å²) in [4.78, 5) is 38.1. The molecule has 3 aromatic rings. The Balaban J connectivity index is 1.67. The van der Waals surface area contributed by atoms with Crippen LogP contribution < -0.4 is 16.4 Å². The molecule has 7 nitrogen and oxygen atoms in total. The summed E-state index contributed by atoms with van der Waals surface area (Å²) in [6.45, 7) is 6.16. The molecule has 0 bridgehead atoms. The van der Waals surface area contributed by atoms with E-state index in [4.69, 9.17) is 0 Å². The average Bonchev–Trinajstić information content (AvgIpc) is 2.73. The molecule has 0 atom stereocenters. The highest BCUT2D eigenvalue weighted by atomic mass is 32.2. The highest BCUT2D eigenvalue weighted by Gasteiger charge is 2.16. The third-order valence-electron chi connectivity index (χ3n) is 4.55. The van der Waals surface area contributed by atoms with Crippen LogP contribution in [-0.4, -0.2) is 27.3 Å². The van der Waals surface area contributed by atoms with E-state index in [1.54, 1.807) is 31.2 Å². The van der Waals surface area contributed by atoms with Gasteiger partial charge < -0.3 is 0 Å². The zero-order chi connectivity index (χ0) is 21.0. The van der Waals surface area contributed by atoms with E-state index >= 15 is 0 Å². The fourth-order valence-electron chi connectivity index (χ4n) is 2.79. The fourth-order valence-corrected chi connectivity index (χ4v) is 3.59. The smallest absolute Gasteiger partial charge is 0.272 e. The predicted octanol–water partition coefficient (Wildman–Crippen LogP) is 2.59. The van der Waals surface area contributed by atoms with E-state index in [1.807, 2.05) is 32.0 Å². The number of aromatic nitrogens is 2. The molecule has 0 spiro atoms. The summed E-state index contributed by atoms with van der Waals surface area (Å²) in [7, 11) is 0. The quantitative estimate of drug-likeness (QED) is 0.498. The molecule has 8 heteroatoms. The van der Waals surface area contributed by atoms with E-state index in [-0.39, 0.29) is 22.9 Å². The lowest BCUT2D eigenvalue weighted by Crippen LogP contribution is -2.43. The summed E-state index contributed by atoms with van der Waals surface area (Å²) < 4.78 is 1.23. The Bertz CT molecular complexity index is 1140. The molecule has 150 valence electrons. The summed E-state index contributed by atoms with van der Waals surface area (Å²) in [5.41, 5.74) is 6.98. The van der Waals surface area contributed by atoms with Gasteiger partial charge in [-0.05, 0) is 50.1 Å². The van der Waals surface area contributed by atoms with Crippen molar-refractivity contribution in [1.82, 2.24) is 20.6 Å². The van der Waals surface area contributed by atoms with Gasteiger partial charge in [0.1, 0.15) is 0 Å². The van der Waals surface area contributed by atoms with Crippen molar-refractivity contribution in [3.63, 3.8) is 0 Å². The molecule has 0 saturated heterocycles. The molecule has 29 heavy (non-hydrogen) atoms. The number of carbonyl (C=O) groups is 2. The molecule has 2 amide bonds. The van der Waals surface area contributed by atoms with Crippen molar-refractivity contribution in [3.05, 3.63) is 69.6 Å². The molecule has 0 fully saturated rings. The Morgan fingerprint density at radius 3 is 2.45 bits per heavy atom. The number of thioether (sulfide) groups is 1. The van der Waals surface area contributed by atoms with Crippen molar-refractivity contribution >= 4 is 34.3 Å². The molecular weight excluding hydrogens is 388 g/mol. The van der Waals surface area contributed by atoms with Gasteiger partial charge in [-0.2, -0.15) is 5.10 Å². The summed E-state index contributed by atoms with van der Waals surface area (Å²) in [6.07, 6.45) is 0. The van der Waals surface area contributed by atoms with Gasteiger partial charge in [0.15, 0.2) is 5.69 Å². The second-order valence-electron chi connectivity index (χ2n) is 6.55. The highest BCUT2D eigenvalue weighted by molar-refractivity contribution is 8.00. The molecule has 0 aliphatic carbocycles. The van der Waals surface area contributed by atoms with Gasteiger partial charge in [0.25, 0.3) is 11.5 Å². The zero-order valence-corrected chi connectivity index (χ0v) is 17.3. The number of nitrogens with one attached hydrogen (secondary N) is 2. The van der Waals surface area contributed by atoms with Gasteiger partial charge in [0.2, 0.25) is 5.91 Å². The summed E-state index contributed by atoms with van der Waals surface area (Å²) in [5, 5.41) is 5.00. The van der Waals surface area contributed by atoms with Crippen LogP contribution in [0, 0.1) is 13.8 Å². The van der Waals surface area contributed by atoms with Crippen molar-refractivity contribution in [2.45, 2.75) is 32.2 Å². The predicted molar refractivity (Wildman–Crippen MR) is 114 cm³/mol. The maximum atomic E-state index is 12.6. The van der Waals surface area contributed by atoms with Crippen molar-refractivity contribution < 1.29 is 9.59 Å². The van der Waals surface area contributed by atoms with E-state index in [9.17, 15) is 14.4 Å². The largest absolute Gasteiger partial charge is 0.290 e. The number of hydrogen-bond donors (Lipinski definition) is 2. The van der Waals surface area contributed by atoms with E-state index < -0.39 is 5.91 Å². The Kier molecular flexibility index (Phi) is 6.33. The zero-order valence-electron chi connectivity index (χ0n) is 16.5. The van der Waals surface area contributed by atoms with Gasteiger partial charge >= 0.3 is 0 Å². The van der Waals surface area contributed by atoms with Gasteiger partial charge in [0.05, 0.1) is 11.1 Å². The first-order valence-corrected chi connectivity index (χ1v) is 10.2. The monoisotopic (exact) mass is 410 g/mol. The standard InChI is InChI=1S/C21H22N4O3S/c1-4-25-21(28)17-8-6-5-7-16(17)19(24-25)20(27)23-22-18(26)12-29-15-10-9-13(2)14(3)11-15/h5-11H,4,12H2,1-3H3,(H,22,26)(H,23,27). The Morgan fingerprint density at radius 1 is 1.03 bits per heavy atom. The lowest BCUT2D eigenvalue weighted by molar-refractivity contribution is -0.119. The molecule has 1 aromatic heterocycles. The molecule has 3 rings (SSSR count). The normalized spacial score (nSPS) is 10.7. The van der Waals surface area contributed by atoms with Crippen LogP contribution in [0.15, 0.2) is 52.2 Å². The number of hydrogen-bond acceptors (Lipinski definition) is 5. The molecular formula is C21H22N4O3S. The first-order chi connectivity index (χ1) is 13.9. The molecule has 0 radical (unpaired) electrons. The van der Waals surface area contributed by atoms with Gasteiger partial charge in [-0.3, -0.25) is 25.2 Å². The van der Waals surface area contributed by atoms with Crippen molar-refractivity contribution in [3.8, 4) is 0 Å². The molecule has 2 aromatic carbocycles. The first-order valence-electron chi connectivity index (χ1n) is 9.19. The second kappa shape index (κ2) is 8.91. The van der Waals surface area contributed by atoms with Gasteiger partial charge in [0, 0.05) is 16.8 Å². The lowest BCUT2D eigenvalue weighted by atomic mass is 10.1. The van der Waals surface area contributed by atoms with Crippen LogP contribution in [-0.2, 0) is 11.3 Å². The average molecular weight is 410 g/mol. The number of hydrazine groups is 1. The van der Waals surface area contributed by atoms with Gasteiger partial charge in [-0.15, -0.1) is 11.8 Å². The van der Waals surface area contributed by atoms with Crippen LogP contribution in [0.1, 0.15) is 28.5 Å². The minimum atomic E-state index is -0.576. The number of carbonyl (C=O) groups excluding carboxylic acids is 2. The second-order valence-corrected chi connectivity index (χ2v) is 7.60. The number of amides is 2. The topological polar surface area (TPSA) is 93.1 Å². The highest BCUT2D eigenvalue weighted by Crippen LogP contribution is 2.20. The summed E-state index contributed by atoms with van der Waals surface area (Å²) in [6, 6.07) is 12.8. The van der Waals surface area contributed by atoms with E-state index in [1.165, 1.54) is 22.0 Å². The number of fused-ring (bicyclic) bond motifs is 1. The fraction of sp³-hybridized carbons (Fsp3) is 0.238. The molecule has 0 aliphatic heterocycles. The summed E-state index contributed by atoms with van der Waals surface area (Å²) >= 11 is 1.39. The molecule has 0 unspecified atom stereocenters. The van der Waals surface area contributed by atoms with E-state index in [2.05, 4.69) is 16.0 Å². The Hall–Kier alpha value is -3.13. The minimum absolute atomic E-state index is 0.0872. The van der Waals surface area contributed by atoms with Crippen LogP contribution in [0.5, 0.6) is 0 Å². The molecule has 0 aliphatic rings. The number of nitrogens with zero attached hydrogens (tertiary/aromatic N) is 2. The van der Waals surface area contributed by atoms with E-state index in [0.29, 0.717) is 17.3 Å². The van der Waals surface area contributed by atoms with Crippen LogP contribution in [0.4, 0.5) is 0 Å². The SMILES string of the molecule is CCn1nc(C(=O)NNC(=O)CSc2ccc(C)c(C)c2)c2ccccc2c1=O. The van der Waals surface area contributed by atoms with Crippen LogP contribution in [0.2, 0.25) is 0 Å². The minimum Gasteiger partial charge on any atom is -0.272 e. The van der Waals surface area contributed by atoms with Crippen molar-refractivity contribution in [2.24, 2.45) is 0 Å². The van der Waals surface area contributed by atoms with E-state index in [0.717, 1.165) is 10.5 Å². The number of rotatable bonds is 5. The van der Waals surface area contributed by atoms with Gasteiger partial charge in [-0.1, -0.05) is 24.3 Å². The number of aryl methyl sites for hydroxylation is 3. The van der Waals surface area contributed by atoms with Crippen molar-refractivity contribution in [1.29, 1.82) is 0 Å². The molecule has 0 saturated carbocycles. The van der Waals surface area contributed by atoms with Gasteiger partial charge in [-0.25, -0.2) is 4.68 Å². The number of benzene rings is 2. The Labute approximate surface area is 172 Å². The van der Waals surface area contributed by atoms with Crippen LogP contribution >= 0.6 is 11.8 Å². The van der Waals surface area contributed by atoms with Crippen molar-refractivity contribution in [2.75, 3.05) is 5.75 Å². The Morgan fingerprint density at radius 2 is 1.76 bits per heavy atom. The molecule has 2 N–H and O–H groups in total. The third-order valence-corrected chi connectivity index (χ3v) is 5.54. The first kappa shape index (κ1) is 20.6. The van der Waals surface area contributed by atoms with Crippen LogP contribution in [0.25, 0.3) is 10.8 Å². The summed E-state index contributed by atoms with van der Waals surface area (Å²) in [5.74, 6) is -0.756. The molecule has 1 heterocycles.